The van der Waals surface area contributed by atoms with Gasteiger partial charge < -0.3 is 14.7 Å². The second kappa shape index (κ2) is 12.7. The summed E-state index contributed by atoms with van der Waals surface area (Å²) in [6.07, 6.45) is -17.2. The fourth-order valence-electron chi connectivity index (χ4n) is 5.51. The molecule has 0 saturated heterocycles. The van der Waals surface area contributed by atoms with E-state index in [9.17, 15) is 49.4 Å². The summed E-state index contributed by atoms with van der Waals surface area (Å²) in [4.78, 5) is 16.6. The van der Waals surface area contributed by atoms with Crippen LogP contribution in [-0.4, -0.2) is 23.9 Å². The van der Waals surface area contributed by atoms with Crippen molar-refractivity contribution in [1.29, 1.82) is 0 Å². The van der Waals surface area contributed by atoms with E-state index in [1.807, 2.05) is 0 Å². The predicted octanol–water partition coefficient (Wildman–Crippen LogP) is 10.3. The molecule has 4 aromatic rings. The van der Waals surface area contributed by atoms with Gasteiger partial charge in [0.15, 0.2) is 6.10 Å². The van der Waals surface area contributed by atoms with Gasteiger partial charge in [0.1, 0.15) is 11.6 Å². The molecule has 0 aromatic heterocycles. The molecular weight excluding hydrogens is 676 g/mol. The zero-order valence-corrected chi connectivity index (χ0v) is 25.2. The smallest absolute Gasteiger partial charge is 0.416 e. The molecule has 0 radical (unpaired) electrons. The quantitative estimate of drug-likeness (QED) is 0.195. The van der Waals surface area contributed by atoms with Gasteiger partial charge in [0, 0.05) is 30.0 Å². The number of methoxy groups -OCH3 is 1. The highest BCUT2D eigenvalue weighted by Gasteiger charge is 2.39. The second-order valence-corrected chi connectivity index (χ2v) is 11.2. The van der Waals surface area contributed by atoms with Crippen LogP contribution < -0.4 is 4.74 Å². The summed E-state index contributed by atoms with van der Waals surface area (Å²) in [5.74, 6) is -2.07. The highest BCUT2D eigenvalue weighted by Crippen LogP contribution is 2.43. The van der Waals surface area contributed by atoms with E-state index in [2.05, 4.69) is 5.16 Å². The predicted molar refractivity (Wildman–Crippen MR) is 157 cm³/mol. The molecule has 1 heterocycles. The highest BCUT2D eigenvalue weighted by atomic mass is 19.4. The Balaban J connectivity index is 1.56. The number of aryl methyl sites for hydroxylation is 1. The third-order valence-electron chi connectivity index (χ3n) is 7.88. The molecule has 1 N–H and O–H groups in total. The van der Waals surface area contributed by atoms with E-state index < -0.39 is 58.7 Å². The fourth-order valence-corrected chi connectivity index (χ4v) is 5.51. The molecule has 0 aliphatic carbocycles. The monoisotopic (exact) mass is 699 g/mol. The average molecular weight is 700 g/mol. The van der Waals surface area contributed by atoms with E-state index in [-0.39, 0.29) is 63.7 Å². The van der Waals surface area contributed by atoms with Crippen molar-refractivity contribution >= 4 is 11.7 Å². The Labute approximate surface area is 271 Å². The molecular formula is C34H23F10NO4. The van der Waals surface area contributed by atoms with Crippen molar-refractivity contribution in [2.45, 2.75) is 44.4 Å². The number of alkyl halides is 9. The molecule has 0 fully saturated rings. The van der Waals surface area contributed by atoms with Gasteiger partial charge in [-0.25, -0.2) is 9.18 Å². The van der Waals surface area contributed by atoms with Gasteiger partial charge in [-0.15, -0.1) is 0 Å². The zero-order chi connectivity index (χ0) is 36.1. The number of hydrogen-bond donors (Lipinski definition) is 1. The second-order valence-electron chi connectivity index (χ2n) is 11.2. The van der Waals surface area contributed by atoms with Gasteiger partial charge >= 0.3 is 24.5 Å². The normalized spacial score (nSPS) is 15.2. The van der Waals surface area contributed by atoms with Crippen molar-refractivity contribution in [3.8, 4) is 28.0 Å². The Bertz CT molecular complexity index is 1930. The summed E-state index contributed by atoms with van der Waals surface area (Å²) >= 11 is 0. The molecule has 1 aliphatic heterocycles. The van der Waals surface area contributed by atoms with Crippen molar-refractivity contribution in [3.05, 3.63) is 111 Å². The number of aromatic carboxylic acids is 1. The summed E-state index contributed by atoms with van der Waals surface area (Å²) in [5, 5.41) is 13.1. The number of halogens is 10. The molecule has 1 atom stereocenters. The third-order valence-corrected chi connectivity index (χ3v) is 7.88. The number of rotatable bonds is 7. The fraction of sp³-hybridized carbons (Fsp3) is 0.235. The number of carbonyl (C=O) groups is 1. The maximum Gasteiger partial charge on any atom is 0.416 e. The number of carboxylic acid groups (broad SMARTS) is 1. The number of nitrogens with zero attached hydrogens (tertiary/aromatic N) is 1. The van der Waals surface area contributed by atoms with Crippen molar-refractivity contribution in [1.82, 2.24) is 0 Å². The number of oxime groups is 1. The Hall–Kier alpha value is -5.08. The minimum absolute atomic E-state index is 0.0120. The SMILES string of the molecule is COc1cc(F)c(-c2ccc(C(=O)O)cc2C)cc1-c1ccc(C(F)(F)F)cc1CC1=NO[C@H](c2cc(C(F)(F)F)cc(C(F)(F)F)c2)C1. The van der Waals surface area contributed by atoms with Gasteiger partial charge in [0.25, 0.3) is 0 Å². The van der Waals surface area contributed by atoms with E-state index >= 15 is 4.39 Å². The molecule has 5 rings (SSSR count). The summed E-state index contributed by atoms with van der Waals surface area (Å²) < 4.78 is 143. The Morgan fingerprint density at radius 1 is 0.796 bits per heavy atom. The van der Waals surface area contributed by atoms with Crippen LogP contribution in [0.5, 0.6) is 5.75 Å². The zero-order valence-electron chi connectivity index (χ0n) is 25.2. The first-order chi connectivity index (χ1) is 22.8. The van der Waals surface area contributed by atoms with Crippen LogP contribution in [0.4, 0.5) is 43.9 Å². The first-order valence-corrected chi connectivity index (χ1v) is 14.2. The first-order valence-electron chi connectivity index (χ1n) is 14.2. The van der Waals surface area contributed by atoms with Gasteiger partial charge in [-0.1, -0.05) is 17.3 Å². The van der Waals surface area contributed by atoms with Crippen LogP contribution in [-0.2, 0) is 29.8 Å². The molecule has 0 unspecified atom stereocenters. The van der Waals surface area contributed by atoms with Crippen molar-refractivity contribution in [2.24, 2.45) is 5.16 Å². The van der Waals surface area contributed by atoms with Crippen LogP contribution in [0.3, 0.4) is 0 Å². The molecule has 0 spiro atoms. The number of ether oxygens (including phenoxy) is 1. The third kappa shape index (κ3) is 7.50. The maximum atomic E-state index is 15.4. The highest BCUT2D eigenvalue weighted by molar-refractivity contribution is 5.91. The average Bonchev–Trinajstić information content (AvgIpc) is 3.48. The lowest BCUT2D eigenvalue weighted by atomic mass is 9.89. The summed E-state index contributed by atoms with van der Waals surface area (Å²) in [5.41, 5.74) is -3.88. The number of carboxylic acids is 1. The van der Waals surface area contributed by atoms with Crippen molar-refractivity contribution in [3.63, 3.8) is 0 Å². The molecule has 15 heteroatoms. The lowest BCUT2D eigenvalue weighted by Gasteiger charge is -2.18. The van der Waals surface area contributed by atoms with Gasteiger partial charge in [-0.05, 0) is 83.3 Å². The van der Waals surface area contributed by atoms with Crippen LogP contribution in [0.25, 0.3) is 22.3 Å². The number of hydrogen-bond acceptors (Lipinski definition) is 4. The van der Waals surface area contributed by atoms with E-state index in [4.69, 9.17) is 9.57 Å². The Morgan fingerprint density at radius 3 is 1.96 bits per heavy atom. The van der Waals surface area contributed by atoms with Gasteiger partial charge in [0.2, 0.25) is 0 Å². The van der Waals surface area contributed by atoms with Gasteiger partial charge in [0.05, 0.1) is 35.1 Å². The Kier molecular flexibility index (Phi) is 9.17. The molecule has 49 heavy (non-hydrogen) atoms. The molecule has 4 aromatic carbocycles. The molecule has 258 valence electrons. The molecule has 0 saturated carbocycles. The summed E-state index contributed by atoms with van der Waals surface area (Å²) in [6.45, 7) is 1.55. The van der Waals surface area contributed by atoms with Crippen LogP contribution >= 0.6 is 0 Å². The van der Waals surface area contributed by atoms with Crippen LogP contribution in [0.2, 0.25) is 0 Å². The van der Waals surface area contributed by atoms with Gasteiger partial charge in [-0.3, -0.25) is 0 Å². The van der Waals surface area contributed by atoms with Crippen LogP contribution in [0.15, 0.2) is 71.9 Å². The largest absolute Gasteiger partial charge is 0.496 e. The lowest BCUT2D eigenvalue weighted by molar-refractivity contribution is -0.143. The van der Waals surface area contributed by atoms with E-state index in [1.54, 1.807) is 6.92 Å². The Morgan fingerprint density at radius 2 is 1.41 bits per heavy atom. The summed E-state index contributed by atoms with van der Waals surface area (Å²) in [7, 11) is 1.21. The van der Waals surface area contributed by atoms with E-state index in [0.717, 1.165) is 24.3 Å². The van der Waals surface area contributed by atoms with E-state index in [0.29, 0.717) is 17.7 Å². The van der Waals surface area contributed by atoms with Crippen molar-refractivity contribution in [2.75, 3.05) is 7.11 Å². The lowest BCUT2D eigenvalue weighted by Crippen LogP contribution is -2.13. The minimum Gasteiger partial charge on any atom is -0.496 e. The van der Waals surface area contributed by atoms with Crippen LogP contribution in [0, 0.1) is 12.7 Å². The van der Waals surface area contributed by atoms with E-state index in [1.165, 1.54) is 31.4 Å². The molecule has 0 bridgehead atoms. The minimum atomic E-state index is -5.12. The molecule has 5 nitrogen and oxygen atoms in total. The topological polar surface area (TPSA) is 68.1 Å². The summed E-state index contributed by atoms with van der Waals surface area (Å²) in [6, 6.07) is 9.93. The van der Waals surface area contributed by atoms with Crippen LogP contribution in [0.1, 0.15) is 56.3 Å². The molecule has 0 amide bonds. The maximum absolute atomic E-state index is 15.4. The standard InChI is InChI=1S/C34H23F10NO4/c1-16-7-17(31(46)47)3-5-24(16)26-14-27(30(48-2)15-28(26)35)25-6-4-20(32(36,37)38)8-18(25)11-23-13-29(49-45-23)19-9-21(33(39,40)41)12-22(10-19)34(42,43)44/h3-10,12,14-15,29H,11,13H2,1-2H3,(H,46,47)/t29-/m0/s1. The van der Waals surface area contributed by atoms with Crippen molar-refractivity contribution < 1.29 is 63.4 Å². The van der Waals surface area contributed by atoms with Gasteiger partial charge in [-0.2, -0.15) is 39.5 Å². The molecule has 1 aliphatic rings. The first kappa shape index (κ1) is 35.2. The number of benzene rings is 4.